The number of aromatic nitrogens is 4. The number of methoxy groups -OCH3 is 2. The number of carbonyl (C=O) groups excluding carboxylic acids is 2. The highest BCUT2D eigenvalue weighted by atomic mass is 35.5. The first kappa shape index (κ1) is 30.6. The molecule has 0 saturated heterocycles. The summed E-state index contributed by atoms with van der Waals surface area (Å²) in [4.78, 5) is 35.8. The highest BCUT2D eigenvalue weighted by molar-refractivity contribution is 6.32. The van der Waals surface area contributed by atoms with Gasteiger partial charge in [0.15, 0.2) is 5.82 Å². The van der Waals surface area contributed by atoms with Crippen LogP contribution < -0.4 is 25.0 Å². The minimum Gasteiger partial charge on any atom is -0.494 e. The molecule has 2 aromatic heterocycles. The van der Waals surface area contributed by atoms with Crippen LogP contribution in [0.25, 0.3) is 22.8 Å². The summed E-state index contributed by atoms with van der Waals surface area (Å²) in [5.41, 5.74) is 2.71. The Morgan fingerprint density at radius 3 is 2.57 bits per heavy atom. The molecule has 220 valence electrons. The summed E-state index contributed by atoms with van der Waals surface area (Å²) >= 11 is 12.7. The van der Waals surface area contributed by atoms with Crippen LogP contribution in [0.1, 0.15) is 5.56 Å². The van der Waals surface area contributed by atoms with Gasteiger partial charge in [-0.25, -0.2) is 9.67 Å². The van der Waals surface area contributed by atoms with Crippen molar-refractivity contribution >= 4 is 69.8 Å². The molecule has 14 heteroatoms. The summed E-state index contributed by atoms with van der Waals surface area (Å²) < 4.78 is 12.7. The van der Waals surface area contributed by atoms with E-state index in [9.17, 15) is 9.59 Å². The summed E-state index contributed by atoms with van der Waals surface area (Å²) in [5.74, 6) is 0.853. The molecule has 4 aromatic rings. The van der Waals surface area contributed by atoms with Gasteiger partial charge in [0.25, 0.3) is 0 Å². The van der Waals surface area contributed by atoms with E-state index in [0.29, 0.717) is 57.6 Å². The van der Waals surface area contributed by atoms with Gasteiger partial charge in [-0.15, -0.1) is 5.10 Å². The number of amides is 2. The molecule has 2 amide bonds. The molecule has 0 fully saturated rings. The van der Waals surface area contributed by atoms with E-state index in [0.717, 1.165) is 12.2 Å². The van der Waals surface area contributed by atoms with Crippen molar-refractivity contribution in [2.75, 3.05) is 58.7 Å². The van der Waals surface area contributed by atoms with Gasteiger partial charge >= 0.3 is 0 Å². The Morgan fingerprint density at radius 2 is 1.88 bits per heavy atom. The van der Waals surface area contributed by atoms with Gasteiger partial charge in [-0.1, -0.05) is 23.2 Å². The molecule has 0 aliphatic rings. The Morgan fingerprint density at radius 1 is 1.10 bits per heavy atom. The fourth-order valence-electron chi connectivity index (χ4n) is 4.12. The molecular formula is C28H30Cl2N8O4. The van der Waals surface area contributed by atoms with Gasteiger partial charge in [0.05, 0.1) is 37.0 Å². The third-order valence-electron chi connectivity index (χ3n) is 6.23. The zero-order valence-corrected chi connectivity index (χ0v) is 25.2. The van der Waals surface area contributed by atoms with Crippen molar-refractivity contribution in [3.63, 3.8) is 0 Å². The molecule has 0 spiro atoms. The maximum Gasteiger partial charge on any atom is 0.250 e. The zero-order valence-electron chi connectivity index (χ0n) is 23.7. The molecule has 2 N–H and O–H groups in total. The molecule has 0 saturated carbocycles. The predicted octanol–water partition coefficient (Wildman–Crippen LogP) is 4.17. The number of ether oxygens (including phenoxy) is 2. The lowest BCUT2D eigenvalue weighted by atomic mass is 10.1. The maximum atomic E-state index is 12.0. The van der Waals surface area contributed by atoms with Crippen molar-refractivity contribution < 1.29 is 19.1 Å². The zero-order chi connectivity index (χ0) is 30.4. The number of fused-ring (bicyclic) bond motifs is 1. The molecule has 0 bridgehead atoms. The van der Waals surface area contributed by atoms with Crippen LogP contribution >= 0.6 is 23.2 Å². The summed E-state index contributed by atoms with van der Waals surface area (Å²) in [6, 6.07) is 8.94. The Kier molecular flexibility index (Phi) is 9.84. The summed E-state index contributed by atoms with van der Waals surface area (Å²) in [6.45, 7) is 1.51. The van der Waals surface area contributed by atoms with Gasteiger partial charge in [-0.2, -0.15) is 4.98 Å². The molecule has 0 unspecified atom stereocenters. The van der Waals surface area contributed by atoms with Crippen LogP contribution in [0, 0.1) is 0 Å². The Bertz CT molecular complexity index is 1640. The number of hydrogen-bond donors (Lipinski definition) is 2. The van der Waals surface area contributed by atoms with E-state index in [4.69, 9.17) is 32.7 Å². The minimum absolute atomic E-state index is 0.214. The van der Waals surface area contributed by atoms with Gasteiger partial charge in [0, 0.05) is 48.6 Å². The van der Waals surface area contributed by atoms with Crippen molar-refractivity contribution in [1.82, 2.24) is 30.0 Å². The maximum absolute atomic E-state index is 12.0. The highest BCUT2D eigenvalue weighted by Gasteiger charge is 2.19. The Labute approximate surface area is 252 Å². The lowest BCUT2D eigenvalue weighted by molar-refractivity contribution is -0.121. The number of likely N-dealkylation sites (N-methyl/N-ethyl adjacent to an activating group) is 2. The van der Waals surface area contributed by atoms with Crippen LogP contribution in [0.5, 0.6) is 11.6 Å². The van der Waals surface area contributed by atoms with Crippen LogP contribution in [-0.2, 0) is 9.59 Å². The third kappa shape index (κ3) is 6.90. The SMILES string of the molecule is COc1cc(N(C)CCN(C)C)c(C=CC(=O)NC=O)cc1Nc1ncc(Cl)c(-n2nc(OC)c3cc(Cl)ccc32)n1. The van der Waals surface area contributed by atoms with E-state index < -0.39 is 5.91 Å². The van der Waals surface area contributed by atoms with Crippen LogP contribution in [0.15, 0.2) is 42.6 Å². The normalized spacial score (nSPS) is 11.2. The van der Waals surface area contributed by atoms with E-state index in [-0.39, 0.29) is 11.0 Å². The first-order valence-corrected chi connectivity index (χ1v) is 13.4. The number of halogens is 2. The number of nitrogens with one attached hydrogen (secondary N) is 2. The first-order valence-electron chi connectivity index (χ1n) is 12.7. The standard InChI is InChI=1S/C28H30Cl2N8O4/c1-36(2)10-11-37(3)23-14-24(41-4)21(12-17(23)6-9-25(40)32-16-39)33-28-31-15-20(30)26(34-28)38-22-8-7-18(29)13-19(22)27(35-38)42-5/h6-9,12-16H,10-11H2,1-5H3,(H,31,33,34)(H,32,39,40). The monoisotopic (exact) mass is 612 g/mol. The Balaban J connectivity index is 1.76. The van der Waals surface area contributed by atoms with Gasteiger partial charge in [-0.05, 0) is 44.4 Å². The molecule has 0 aliphatic carbocycles. The van der Waals surface area contributed by atoms with Gasteiger partial charge in [0.1, 0.15) is 10.8 Å². The fraction of sp³-hybridized carbons (Fsp3) is 0.250. The number of anilines is 3. The largest absolute Gasteiger partial charge is 0.494 e. The molecule has 0 radical (unpaired) electrons. The quantitative estimate of drug-likeness (QED) is 0.178. The van der Waals surface area contributed by atoms with Crippen LogP contribution in [-0.4, -0.2) is 85.4 Å². The van der Waals surface area contributed by atoms with Gasteiger partial charge < -0.3 is 24.6 Å². The van der Waals surface area contributed by atoms with E-state index in [1.54, 1.807) is 42.1 Å². The molecule has 2 heterocycles. The molecule has 0 aliphatic heterocycles. The number of benzene rings is 2. The molecule has 0 atom stereocenters. The smallest absolute Gasteiger partial charge is 0.250 e. The van der Waals surface area contributed by atoms with Crippen molar-refractivity contribution in [2.24, 2.45) is 0 Å². The molecule has 42 heavy (non-hydrogen) atoms. The first-order chi connectivity index (χ1) is 20.1. The third-order valence-corrected chi connectivity index (χ3v) is 6.73. The minimum atomic E-state index is -0.550. The van der Waals surface area contributed by atoms with E-state index >= 15 is 0 Å². The van der Waals surface area contributed by atoms with Crippen LogP contribution in [0.4, 0.5) is 17.3 Å². The average Bonchev–Trinajstić information content (AvgIpc) is 3.33. The van der Waals surface area contributed by atoms with E-state index in [1.807, 2.05) is 32.1 Å². The van der Waals surface area contributed by atoms with Crippen molar-refractivity contribution in [1.29, 1.82) is 0 Å². The summed E-state index contributed by atoms with van der Waals surface area (Å²) in [7, 11) is 8.99. The highest BCUT2D eigenvalue weighted by Crippen LogP contribution is 2.36. The van der Waals surface area contributed by atoms with Crippen molar-refractivity contribution in [3.8, 4) is 17.4 Å². The summed E-state index contributed by atoms with van der Waals surface area (Å²) in [6.07, 6.45) is 4.69. The van der Waals surface area contributed by atoms with Crippen molar-refractivity contribution in [2.45, 2.75) is 0 Å². The van der Waals surface area contributed by atoms with Crippen LogP contribution in [0.3, 0.4) is 0 Å². The second-order valence-corrected chi connectivity index (χ2v) is 10.2. The van der Waals surface area contributed by atoms with Crippen LogP contribution in [0.2, 0.25) is 10.0 Å². The number of imide groups is 1. The number of rotatable bonds is 12. The molecule has 4 rings (SSSR count). The van der Waals surface area contributed by atoms with Gasteiger partial charge in [-0.3, -0.25) is 14.9 Å². The van der Waals surface area contributed by atoms with Gasteiger partial charge in [0.2, 0.25) is 24.1 Å². The van der Waals surface area contributed by atoms with E-state index in [2.05, 4.69) is 30.6 Å². The second kappa shape index (κ2) is 13.5. The Hall–Kier alpha value is -4.39. The second-order valence-electron chi connectivity index (χ2n) is 9.37. The molecular weight excluding hydrogens is 583 g/mol. The molecule has 2 aromatic carbocycles. The predicted molar refractivity (Wildman–Crippen MR) is 165 cm³/mol. The van der Waals surface area contributed by atoms with E-state index in [1.165, 1.54) is 19.4 Å². The lowest BCUT2D eigenvalue weighted by Crippen LogP contribution is -2.29. The number of carbonyl (C=O) groups is 2. The number of nitrogens with zero attached hydrogens (tertiary/aromatic N) is 6. The van der Waals surface area contributed by atoms with Crippen molar-refractivity contribution in [3.05, 3.63) is 58.2 Å². The fourth-order valence-corrected chi connectivity index (χ4v) is 4.46. The average molecular weight is 614 g/mol. The molecule has 12 nitrogen and oxygen atoms in total. The lowest BCUT2D eigenvalue weighted by Gasteiger charge is -2.25. The topological polar surface area (TPSA) is 127 Å². The number of hydrogen-bond acceptors (Lipinski definition) is 10. The summed E-state index contributed by atoms with van der Waals surface area (Å²) in [5, 5.41) is 11.3.